The van der Waals surface area contributed by atoms with E-state index < -0.39 is 5.60 Å². The number of rotatable bonds is 4. The third kappa shape index (κ3) is 3.60. The van der Waals surface area contributed by atoms with Crippen LogP contribution in [0.2, 0.25) is 0 Å². The lowest BCUT2D eigenvalue weighted by Gasteiger charge is -2.30. The topological polar surface area (TPSA) is 35.5 Å². The summed E-state index contributed by atoms with van der Waals surface area (Å²) in [6, 6.07) is 16.8. The van der Waals surface area contributed by atoms with E-state index in [9.17, 15) is 4.79 Å². The van der Waals surface area contributed by atoms with Gasteiger partial charge in [0.25, 0.3) is 0 Å². The number of allylic oxidation sites excluding steroid dienone is 1. The molecule has 0 N–H and O–H groups in total. The molecule has 0 unspecified atom stereocenters. The van der Waals surface area contributed by atoms with E-state index in [1.807, 2.05) is 0 Å². The first-order valence-corrected chi connectivity index (χ1v) is 8.74. The highest BCUT2D eigenvalue weighted by molar-refractivity contribution is 5.82. The number of aryl methyl sites for hydroxylation is 2. The monoisotopic (exact) mass is 336 g/mol. The Morgan fingerprint density at radius 1 is 1.04 bits per heavy atom. The minimum Gasteiger partial charge on any atom is -0.482 e. The van der Waals surface area contributed by atoms with Crippen LogP contribution in [0.15, 0.2) is 60.4 Å². The van der Waals surface area contributed by atoms with Gasteiger partial charge in [0.15, 0.2) is 5.60 Å². The SMILES string of the molecule is CCOC(=O)/C=C1/CCC(c2ccc(C)cc2)(c2ccc(C)cc2)O1. The Kier molecular flexibility index (Phi) is 4.93. The van der Waals surface area contributed by atoms with Gasteiger partial charge < -0.3 is 9.47 Å². The van der Waals surface area contributed by atoms with Crippen molar-refractivity contribution in [2.75, 3.05) is 6.61 Å². The molecule has 0 bridgehead atoms. The van der Waals surface area contributed by atoms with Crippen molar-refractivity contribution in [2.45, 2.75) is 39.2 Å². The van der Waals surface area contributed by atoms with E-state index in [4.69, 9.17) is 9.47 Å². The van der Waals surface area contributed by atoms with Gasteiger partial charge >= 0.3 is 5.97 Å². The van der Waals surface area contributed by atoms with Crippen LogP contribution in [0, 0.1) is 13.8 Å². The van der Waals surface area contributed by atoms with Gasteiger partial charge in [-0.25, -0.2) is 4.79 Å². The molecule has 3 rings (SSSR count). The van der Waals surface area contributed by atoms with Crippen LogP contribution in [-0.2, 0) is 19.9 Å². The Bertz CT molecular complexity index is 724. The highest BCUT2D eigenvalue weighted by atomic mass is 16.5. The van der Waals surface area contributed by atoms with Crippen LogP contribution in [0.1, 0.15) is 42.0 Å². The predicted molar refractivity (Wildman–Crippen MR) is 98.2 cm³/mol. The summed E-state index contributed by atoms with van der Waals surface area (Å²) in [6.45, 7) is 6.31. The Morgan fingerprint density at radius 2 is 1.56 bits per heavy atom. The molecule has 0 saturated carbocycles. The largest absolute Gasteiger partial charge is 0.482 e. The van der Waals surface area contributed by atoms with Gasteiger partial charge in [0, 0.05) is 12.8 Å². The first-order valence-electron chi connectivity index (χ1n) is 8.74. The average Bonchev–Trinajstić information content (AvgIpc) is 3.01. The van der Waals surface area contributed by atoms with Crippen molar-refractivity contribution in [3.8, 4) is 0 Å². The zero-order chi connectivity index (χ0) is 17.9. The standard InChI is InChI=1S/C22H24O3/c1-4-24-21(23)15-20-13-14-22(25-20,18-9-5-16(2)6-10-18)19-11-7-17(3)8-12-19/h5-12,15H,4,13-14H2,1-3H3/b20-15-. The van der Waals surface area contributed by atoms with Gasteiger partial charge in [-0.2, -0.15) is 0 Å². The second-order valence-corrected chi connectivity index (χ2v) is 6.52. The van der Waals surface area contributed by atoms with Gasteiger partial charge in [0.2, 0.25) is 0 Å². The van der Waals surface area contributed by atoms with E-state index in [2.05, 4.69) is 62.4 Å². The molecule has 1 heterocycles. The van der Waals surface area contributed by atoms with Gasteiger partial charge in [-0.3, -0.25) is 0 Å². The minimum absolute atomic E-state index is 0.346. The summed E-state index contributed by atoms with van der Waals surface area (Å²) < 4.78 is 11.4. The van der Waals surface area contributed by atoms with E-state index in [0.29, 0.717) is 18.8 Å². The number of carbonyl (C=O) groups excluding carboxylic acids is 1. The summed E-state index contributed by atoms with van der Waals surface area (Å²) in [5.74, 6) is 0.334. The second-order valence-electron chi connectivity index (χ2n) is 6.52. The van der Waals surface area contributed by atoms with Crippen molar-refractivity contribution in [3.05, 3.63) is 82.6 Å². The summed E-state index contributed by atoms with van der Waals surface area (Å²) in [7, 11) is 0. The molecule has 3 heteroatoms. The van der Waals surface area contributed by atoms with Gasteiger partial charge in [0.05, 0.1) is 12.7 Å². The van der Waals surface area contributed by atoms with Gasteiger partial charge in [0.1, 0.15) is 5.76 Å². The molecule has 0 aromatic heterocycles. The van der Waals surface area contributed by atoms with E-state index in [1.165, 1.54) is 17.2 Å². The Labute approximate surface area is 149 Å². The van der Waals surface area contributed by atoms with Crippen molar-refractivity contribution in [2.24, 2.45) is 0 Å². The summed E-state index contributed by atoms with van der Waals surface area (Å²) in [5.41, 5.74) is 4.08. The lowest BCUT2D eigenvalue weighted by atomic mass is 9.83. The molecule has 3 nitrogen and oxygen atoms in total. The van der Waals surface area contributed by atoms with Crippen LogP contribution in [-0.4, -0.2) is 12.6 Å². The number of hydrogen-bond acceptors (Lipinski definition) is 3. The molecule has 0 aliphatic carbocycles. The number of benzene rings is 2. The molecule has 1 aliphatic heterocycles. The normalized spacial score (nSPS) is 17.3. The Hall–Kier alpha value is -2.55. The molecule has 1 fully saturated rings. The molecular weight excluding hydrogens is 312 g/mol. The van der Waals surface area contributed by atoms with Crippen LogP contribution in [0.5, 0.6) is 0 Å². The highest BCUT2D eigenvalue weighted by Crippen LogP contribution is 2.46. The van der Waals surface area contributed by atoms with Crippen LogP contribution >= 0.6 is 0 Å². The Balaban J connectivity index is 2.01. The molecule has 130 valence electrons. The van der Waals surface area contributed by atoms with Crippen LogP contribution < -0.4 is 0 Å². The van der Waals surface area contributed by atoms with E-state index >= 15 is 0 Å². The maximum absolute atomic E-state index is 11.8. The lowest BCUT2D eigenvalue weighted by molar-refractivity contribution is -0.137. The molecule has 0 amide bonds. The number of ether oxygens (including phenoxy) is 2. The molecule has 0 spiro atoms. The highest BCUT2D eigenvalue weighted by Gasteiger charge is 2.42. The van der Waals surface area contributed by atoms with Crippen molar-refractivity contribution in [1.29, 1.82) is 0 Å². The van der Waals surface area contributed by atoms with Gasteiger partial charge in [-0.1, -0.05) is 59.7 Å². The third-order valence-electron chi connectivity index (χ3n) is 4.63. The molecule has 0 radical (unpaired) electrons. The van der Waals surface area contributed by atoms with Gasteiger partial charge in [-0.15, -0.1) is 0 Å². The third-order valence-corrected chi connectivity index (χ3v) is 4.63. The fraction of sp³-hybridized carbons (Fsp3) is 0.318. The Morgan fingerprint density at radius 3 is 2.04 bits per heavy atom. The number of carbonyl (C=O) groups is 1. The summed E-state index contributed by atoms with van der Waals surface area (Å²) in [6.07, 6.45) is 2.98. The quantitative estimate of drug-likeness (QED) is 0.594. The zero-order valence-electron chi connectivity index (χ0n) is 15.0. The second kappa shape index (κ2) is 7.14. The van der Waals surface area contributed by atoms with Crippen LogP contribution in [0.4, 0.5) is 0 Å². The summed E-state index contributed by atoms with van der Waals surface area (Å²) in [5, 5.41) is 0. The molecule has 0 atom stereocenters. The summed E-state index contributed by atoms with van der Waals surface area (Å²) in [4.78, 5) is 11.8. The molecule has 2 aromatic rings. The lowest BCUT2D eigenvalue weighted by Crippen LogP contribution is -2.26. The predicted octanol–water partition coefficient (Wildman–Crippen LogP) is 4.80. The van der Waals surface area contributed by atoms with Crippen molar-refractivity contribution < 1.29 is 14.3 Å². The minimum atomic E-state index is -0.556. The maximum atomic E-state index is 11.8. The maximum Gasteiger partial charge on any atom is 0.334 e. The molecule has 2 aromatic carbocycles. The molecule has 1 aliphatic rings. The fourth-order valence-electron chi connectivity index (χ4n) is 3.26. The van der Waals surface area contributed by atoms with E-state index in [0.717, 1.165) is 17.5 Å². The number of esters is 1. The molecular formula is C22H24O3. The van der Waals surface area contributed by atoms with E-state index in [1.54, 1.807) is 6.92 Å². The van der Waals surface area contributed by atoms with Crippen molar-refractivity contribution in [1.82, 2.24) is 0 Å². The summed E-state index contributed by atoms with van der Waals surface area (Å²) >= 11 is 0. The van der Waals surface area contributed by atoms with Crippen LogP contribution in [0.25, 0.3) is 0 Å². The average molecular weight is 336 g/mol. The molecule has 1 saturated heterocycles. The van der Waals surface area contributed by atoms with Crippen molar-refractivity contribution >= 4 is 5.97 Å². The molecule has 25 heavy (non-hydrogen) atoms. The zero-order valence-corrected chi connectivity index (χ0v) is 15.0. The fourth-order valence-corrected chi connectivity index (χ4v) is 3.26. The number of hydrogen-bond donors (Lipinski definition) is 0. The van der Waals surface area contributed by atoms with Crippen LogP contribution in [0.3, 0.4) is 0 Å². The van der Waals surface area contributed by atoms with Gasteiger partial charge in [-0.05, 0) is 31.9 Å². The first kappa shape index (κ1) is 17.3. The smallest absolute Gasteiger partial charge is 0.334 e. The van der Waals surface area contributed by atoms with E-state index in [-0.39, 0.29) is 5.97 Å². The first-order chi connectivity index (χ1) is 12.0. The van der Waals surface area contributed by atoms with Crippen molar-refractivity contribution in [3.63, 3.8) is 0 Å².